The molecular weight excluding hydrogens is 438 g/mol. The lowest BCUT2D eigenvalue weighted by Gasteiger charge is -2.36. The van der Waals surface area contributed by atoms with Crippen LogP contribution in [0.3, 0.4) is 0 Å². The lowest BCUT2D eigenvalue weighted by Crippen LogP contribution is -2.48. The van der Waals surface area contributed by atoms with Crippen LogP contribution in [0.25, 0.3) is 0 Å². The quantitative estimate of drug-likeness (QED) is 0.600. The lowest BCUT2D eigenvalue weighted by molar-refractivity contribution is 0.0746. The number of methoxy groups -OCH3 is 1. The van der Waals surface area contributed by atoms with E-state index in [1.807, 2.05) is 43.3 Å². The number of amides is 1. The van der Waals surface area contributed by atoms with Crippen molar-refractivity contribution in [3.63, 3.8) is 0 Å². The van der Waals surface area contributed by atoms with Gasteiger partial charge >= 0.3 is 0 Å². The first-order valence-electron chi connectivity index (χ1n) is 10.7. The highest BCUT2D eigenvalue weighted by molar-refractivity contribution is 7.92. The zero-order chi connectivity index (χ0) is 23.4. The molecule has 1 aliphatic rings. The molecule has 7 nitrogen and oxygen atoms in total. The van der Waals surface area contributed by atoms with Crippen LogP contribution in [0.15, 0.2) is 77.7 Å². The summed E-state index contributed by atoms with van der Waals surface area (Å²) in [6, 6.07) is 21.1. The van der Waals surface area contributed by atoms with Gasteiger partial charge in [0.1, 0.15) is 5.75 Å². The van der Waals surface area contributed by atoms with Crippen LogP contribution in [0.1, 0.15) is 15.9 Å². The molecule has 1 fully saturated rings. The molecule has 0 bridgehead atoms. The minimum atomic E-state index is -3.73. The molecule has 0 aromatic heterocycles. The number of sulfonamides is 1. The average molecular weight is 466 g/mol. The van der Waals surface area contributed by atoms with Crippen molar-refractivity contribution in [2.24, 2.45) is 0 Å². The Labute approximate surface area is 194 Å². The highest BCUT2D eigenvalue weighted by atomic mass is 32.2. The summed E-state index contributed by atoms with van der Waals surface area (Å²) in [5, 5.41) is 0. The fourth-order valence-corrected chi connectivity index (χ4v) is 4.81. The van der Waals surface area contributed by atoms with Gasteiger partial charge in [-0.2, -0.15) is 0 Å². The van der Waals surface area contributed by atoms with Gasteiger partial charge in [0.05, 0.1) is 12.0 Å². The SMILES string of the molecule is COc1ccc(N2CCN(C(=O)c3ccc(S(=O)(=O)Nc4ccc(C)cc4)cc3)CC2)cc1. The van der Waals surface area contributed by atoms with Gasteiger partial charge in [0.2, 0.25) is 0 Å². The molecule has 4 rings (SSSR count). The van der Waals surface area contributed by atoms with Crippen molar-refractivity contribution >= 4 is 27.3 Å². The Bertz CT molecular complexity index is 1200. The first-order chi connectivity index (χ1) is 15.9. The molecule has 172 valence electrons. The Hall–Kier alpha value is -3.52. The van der Waals surface area contributed by atoms with E-state index in [2.05, 4.69) is 9.62 Å². The topological polar surface area (TPSA) is 79.0 Å². The van der Waals surface area contributed by atoms with Crippen LogP contribution in [0.2, 0.25) is 0 Å². The molecule has 1 aliphatic heterocycles. The summed E-state index contributed by atoms with van der Waals surface area (Å²) >= 11 is 0. The van der Waals surface area contributed by atoms with Crippen molar-refractivity contribution in [3.05, 3.63) is 83.9 Å². The summed E-state index contributed by atoms with van der Waals surface area (Å²) < 4.78 is 33.1. The van der Waals surface area contributed by atoms with Crippen LogP contribution in [-0.4, -0.2) is 52.5 Å². The van der Waals surface area contributed by atoms with Gasteiger partial charge in [-0.05, 0) is 67.6 Å². The average Bonchev–Trinajstić information content (AvgIpc) is 2.85. The number of aryl methyl sites for hydroxylation is 1. The van der Waals surface area contributed by atoms with E-state index in [0.29, 0.717) is 24.3 Å². The third-order valence-electron chi connectivity index (χ3n) is 5.72. The Morgan fingerprint density at radius 3 is 2.03 bits per heavy atom. The van der Waals surface area contributed by atoms with Crippen LogP contribution < -0.4 is 14.4 Å². The summed E-state index contributed by atoms with van der Waals surface area (Å²) in [6.07, 6.45) is 0. The van der Waals surface area contributed by atoms with E-state index < -0.39 is 10.0 Å². The maximum absolute atomic E-state index is 12.9. The molecule has 1 N–H and O–H groups in total. The van der Waals surface area contributed by atoms with Gasteiger partial charge in [0, 0.05) is 43.1 Å². The molecule has 0 saturated carbocycles. The largest absolute Gasteiger partial charge is 0.497 e. The minimum Gasteiger partial charge on any atom is -0.497 e. The van der Waals surface area contributed by atoms with Gasteiger partial charge in [-0.3, -0.25) is 9.52 Å². The third kappa shape index (κ3) is 5.28. The molecule has 3 aromatic carbocycles. The van der Waals surface area contributed by atoms with E-state index in [9.17, 15) is 13.2 Å². The van der Waals surface area contributed by atoms with E-state index in [-0.39, 0.29) is 10.8 Å². The van der Waals surface area contributed by atoms with E-state index in [4.69, 9.17) is 4.74 Å². The molecule has 0 atom stereocenters. The zero-order valence-corrected chi connectivity index (χ0v) is 19.5. The van der Waals surface area contributed by atoms with Crippen LogP contribution in [0.4, 0.5) is 11.4 Å². The second-order valence-corrected chi connectivity index (χ2v) is 9.66. The Morgan fingerprint density at radius 1 is 0.848 bits per heavy atom. The van der Waals surface area contributed by atoms with E-state index in [0.717, 1.165) is 30.1 Å². The molecule has 8 heteroatoms. The van der Waals surface area contributed by atoms with Crippen LogP contribution >= 0.6 is 0 Å². The van der Waals surface area contributed by atoms with Crippen molar-refractivity contribution in [1.82, 2.24) is 4.90 Å². The van der Waals surface area contributed by atoms with Crippen LogP contribution in [-0.2, 0) is 10.0 Å². The van der Waals surface area contributed by atoms with Gasteiger partial charge in [-0.1, -0.05) is 17.7 Å². The fourth-order valence-electron chi connectivity index (χ4n) is 3.76. The van der Waals surface area contributed by atoms with Crippen LogP contribution in [0.5, 0.6) is 5.75 Å². The van der Waals surface area contributed by atoms with Crippen molar-refractivity contribution < 1.29 is 17.9 Å². The third-order valence-corrected chi connectivity index (χ3v) is 7.12. The van der Waals surface area contributed by atoms with E-state index >= 15 is 0 Å². The first kappa shape index (κ1) is 22.7. The molecule has 0 radical (unpaired) electrons. The summed E-state index contributed by atoms with van der Waals surface area (Å²) in [6.45, 7) is 4.59. The maximum atomic E-state index is 12.9. The fraction of sp³-hybridized carbons (Fsp3) is 0.240. The smallest absolute Gasteiger partial charge is 0.261 e. The number of carbonyl (C=O) groups excluding carboxylic acids is 1. The zero-order valence-electron chi connectivity index (χ0n) is 18.7. The van der Waals surface area contributed by atoms with E-state index in [1.165, 1.54) is 12.1 Å². The van der Waals surface area contributed by atoms with Crippen molar-refractivity contribution in [2.75, 3.05) is 42.9 Å². The van der Waals surface area contributed by atoms with Gasteiger partial charge in [0.15, 0.2) is 0 Å². The number of piperazine rings is 1. The number of hydrogen-bond acceptors (Lipinski definition) is 5. The predicted octanol–water partition coefficient (Wildman–Crippen LogP) is 3.77. The summed E-state index contributed by atoms with van der Waals surface area (Å²) in [4.78, 5) is 17.1. The lowest BCUT2D eigenvalue weighted by atomic mass is 10.1. The van der Waals surface area contributed by atoms with Gasteiger partial charge in [-0.25, -0.2) is 8.42 Å². The minimum absolute atomic E-state index is 0.0974. The Balaban J connectivity index is 1.37. The number of hydrogen-bond donors (Lipinski definition) is 1. The van der Waals surface area contributed by atoms with Gasteiger partial charge in [0.25, 0.3) is 15.9 Å². The molecule has 1 amide bonds. The number of carbonyl (C=O) groups is 1. The van der Waals surface area contributed by atoms with E-state index in [1.54, 1.807) is 36.3 Å². The summed E-state index contributed by atoms with van der Waals surface area (Å²) in [7, 11) is -2.09. The molecular formula is C25H27N3O4S. The van der Waals surface area contributed by atoms with Crippen molar-refractivity contribution in [2.45, 2.75) is 11.8 Å². The van der Waals surface area contributed by atoms with Gasteiger partial charge < -0.3 is 14.5 Å². The molecule has 0 unspecified atom stereocenters. The number of anilines is 2. The standard InChI is InChI=1S/C25H27N3O4S/c1-19-3-7-21(8-4-19)26-33(30,31)24-13-5-20(6-14-24)25(29)28-17-15-27(16-18-28)22-9-11-23(32-2)12-10-22/h3-14,26H,15-18H2,1-2H3. The Kier molecular flexibility index (Phi) is 6.55. The summed E-state index contributed by atoms with van der Waals surface area (Å²) in [5.74, 6) is 0.715. The highest BCUT2D eigenvalue weighted by Crippen LogP contribution is 2.22. The number of nitrogens with one attached hydrogen (secondary N) is 1. The van der Waals surface area contributed by atoms with Crippen molar-refractivity contribution in [1.29, 1.82) is 0 Å². The second kappa shape index (κ2) is 9.54. The number of benzene rings is 3. The second-order valence-electron chi connectivity index (χ2n) is 7.97. The Morgan fingerprint density at radius 2 is 1.45 bits per heavy atom. The summed E-state index contributed by atoms with van der Waals surface area (Å²) in [5.41, 5.74) is 3.11. The van der Waals surface area contributed by atoms with Crippen LogP contribution in [0, 0.1) is 6.92 Å². The molecule has 1 saturated heterocycles. The van der Waals surface area contributed by atoms with Gasteiger partial charge in [-0.15, -0.1) is 0 Å². The molecule has 1 heterocycles. The molecule has 0 aliphatic carbocycles. The highest BCUT2D eigenvalue weighted by Gasteiger charge is 2.23. The molecule has 3 aromatic rings. The monoisotopic (exact) mass is 465 g/mol. The normalized spacial score (nSPS) is 14.1. The number of rotatable bonds is 6. The van der Waals surface area contributed by atoms with Crippen molar-refractivity contribution in [3.8, 4) is 5.75 Å². The first-order valence-corrected chi connectivity index (χ1v) is 12.2. The molecule has 33 heavy (non-hydrogen) atoms. The number of nitrogens with zero attached hydrogens (tertiary/aromatic N) is 2. The molecule has 0 spiro atoms. The maximum Gasteiger partial charge on any atom is 0.261 e. The predicted molar refractivity (Wildman–Crippen MR) is 130 cm³/mol. The number of ether oxygens (including phenoxy) is 1.